The summed E-state index contributed by atoms with van der Waals surface area (Å²) in [6.45, 7) is 0.263. The van der Waals surface area contributed by atoms with Gasteiger partial charge in [0.2, 0.25) is 11.7 Å². The van der Waals surface area contributed by atoms with E-state index in [1.165, 1.54) is 36.3 Å². The number of aromatic nitrogens is 2. The van der Waals surface area contributed by atoms with Crippen molar-refractivity contribution in [2.75, 3.05) is 18.0 Å². The minimum Gasteiger partial charge on any atom is -0.457 e. The van der Waals surface area contributed by atoms with Gasteiger partial charge in [0.25, 0.3) is 5.91 Å². The number of amides is 2. The number of hydrogen-bond acceptors (Lipinski definition) is 7. The molecule has 0 bridgehead atoms. The highest BCUT2D eigenvalue weighted by Gasteiger charge is 2.28. The van der Waals surface area contributed by atoms with Crippen LogP contribution in [0.2, 0.25) is 0 Å². The smallest absolute Gasteiger partial charge is 0.289 e. The Hall–Kier alpha value is -3.66. The predicted octanol–water partition coefficient (Wildman–Crippen LogP) is 3.08. The topological polar surface area (TPSA) is 119 Å². The summed E-state index contributed by atoms with van der Waals surface area (Å²) in [5.74, 6) is 0.911. The highest BCUT2D eigenvalue weighted by atomic mass is 32.2. The first kappa shape index (κ1) is 22.5. The van der Waals surface area contributed by atoms with E-state index >= 15 is 0 Å². The quantitative estimate of drug-likeness (QED) is 0.510. The number of nitrogens with two attached hydrogens (primary N) is 1. The van der Waals surface area contributed by atoms with E-state index in [2.05, 4.69) is 20.6 Å². The predicted molar refractivity (Wildman–Crippen MR) is 123 cm³/mol. The van der Waals surface area contributed by atoms with Gasteiger partial charge in [0, 0.05) is 12.6 Å². The van der Waals surface area contributed by atoms with E-state index in [0.29, 0.717) is 23.6 Å². The highest BCUT2D eigenvalue weighted by molar-refractivity contribution is 8.00. The summed E-state index contributed by atoms with van der Waals surface area (Å²) in [4.78, 5) is 32.9. The van der Waals surface area contributed by atoms with Gasteiger partial charge in [-0.05, 0) is 54.1 Å². The summed E-state index contributed by atoms with van der Waals surface area (Å²) in [5.41, 5.74) is 6.71. The first-order valence-electron chi connectivity index (χ1n) is 10.3. The molecule has 0 spiro atoms. The molecule has 2 atom stereocenters. The molecule has 0 saturated carbocycles. The molecule has 1 aliphatic heterocycles. The maximum absolute atomic E-state index is 13.1. The zero-order chi connectivity index (χ0) is 23.2. The lowest BCUT2D eigenvalue weighted by Crippen LogP contribution is -2.44. The second-order valence-electron chi connectivity index (χ2n) is 7.42. The van der Waals surface area contributed by atoms with Crippen LogP contribution in [0.4, 0.5) is 10.1 Å². The standard InChI is InChI=1S/C23H22FN5O3S/c24-15-4-6-18(7-5-15)32-19-3-1-2-14(10-19)20-22(30)29-17(8-9-33-20)13-28-23(31)21-26-11-16(25)12-27-21/h1-7,10-12,17,20H,8-9,13,25H2,(H,28,31)(H,29,30)/t17-,20+/m0/s1. The molecule has 0 aliphatic carbocycles. The second-order valence-corrected chi connectivity index (χ2v) is 8.64. The molecule has 8 nitrogen and oxygen atoms in total. The number of ether oxygens (including phenoxy) is 1. The molecule has 33 heavy (non-hydrogen) atoms. The van der Waals surface area contributed by atoms with Gasteiger partial charge in [-0.2, -0.15) is 0 Å². The van der Waals surface area contributed by atoms with Gasteiger partial charge in [-0.25, -0.2) is 14.4 Å². The summed E-state index contributed by atoms with van der Waals surface area (Å²) in [6.07, 6.45) is 3.43. The lowest BCUT2D eigenvalue weighted by Gasteiger charge is -2.18. The van der Waals surface area contributed by atoms with Gasteiger partial charge in [0.05, 0.1) is 18.1 Å². The van der Waals surface area contributed by atoms with Crippen LogP contribution in [0.5, 0.6) is 11.5 Å². The average molecular weight is 468 g/mol. The van der Waals surface area contributed by atoms with Crippen LogP contribution in [-0.2, 0) is 4.79 Å². The summed E-state index contributed by atoms with van der Waals surface area (Å²) in [6, 6.07) is 12.8. The third-order valence-corrected chi connectivity index (χ3v) is 6.22. The summed E-state index contributed by atoms with van der Waals surface area (Å²) >= 11 is 1.53. The van der Waals surface area contributed by atoms with Gasteiger partial charge >= 0.3 is 0 Å². The zero-order valence-corrected chi connectivity index (χ0v) is 18.3. The number of carbonyl (C=O) groups excluding carboxylic acids is 2. The second kappa shape index (κ2) is 10.3. The fourth-order valence-corrected chi connectivity index (χ4v) is 4.50. The fraction of sp³-hybridized carbons (Fsp3) is 0.217. The number of nitrogen functional groups attached to an aromatic ring is 1. The Balaban J connectivity index is 1.36. The van der Waals surface area contributed by atoms with Crippen LogP contribution in [0.3, 0.4) is 0 Å². The van der Waals surface area contributed by atoms with Gasteiger partial charge in [-0.15, -0.1) is 11.8 Å². The van der Waals surface area contributed by atoms with Crippen LogP contribution in [0.1, 0.15) is 27.9 Å². The van der Waals surface area contributed by atoms with Crippen molar-refractivity contribution in [2.24, 2.45) is 0 Å². The van der Waals surface area contributed by atoms with Gasteiger partial charge in [0.15, 0.2) is 0 Å². The van der Waals surface area contributed by atoms with Gasteiger partial charge in [-0.3, -0.25) is 9.59 Å². The Morgan fingerprint density at radius 3 is 2.70 bits per heavy atom. The molecule has 2 amide bonds. The first-order valence-corrected chi connectivity index (χ1v) is 11.3. The Morgan fingerprint density at radius 2 is 1.94 bits per heavy atom. The van der Waals surface area contributed by atoms with E-state index in [4.69, 9.17) is 10.5 Å². The van der Waals surface area contributed by atoms with Crippen molar-refractivity contribution in [3.8, 4) is 11.5 Å². The van der Waals surface area contributed by atoms with Crippen molar-refractivity contribution >= 4 is 29.3 Å². The lowest BCUT2D eigenvalue weighted by atomic mass is 10.1. The Morgan fingerprint density at radius 1 is 1.18 bits per heavy atom. The number of anilines is 1. The maximum atomic E-state index is 13.1. The molecule has 1 saturated heterocycles. The Bertz CT molecular complexity index is 1130. The normalized spacial score (nSPS) is 18.2. The SMILES string of the molecule is Nc1cnc(C(=O)NC[C@@H]2CCS[C@H](c3cccc(Oc4ccc(F)cc4)c3)C(=O)N2)nc1. The number of hydrogen-bond donors (Lipinski definition) is 3. The molecule has 10 heteroatoms. The summed E-state index contributed by atoms with van der Waals surface area (Å²) < 4.78 is 18.9. The third kappa shape index (κ3) is 5.98. The van der Waals surface area contributed by atoms with Gasteiger partial charge < -0.3 is 21.1 Å². The molecule has 1 aromatic heterocycles. The molecule has 4 N–H and O–H groups in total. The average Bonchev–Trinajstić information content (AvgIpc) is 3.00. The van der Waals surface area contributed by atoms with Crippen LogP contribution in [0.25, 0.3) is 0 Å². The van der Waals surface area contributed by atoms with Crippen molar-refractivity contribution in [3.05, 3.63) is 78.1 Å². The van der Waals surface area contributed by atoms with Crippen LogP contribution in [-0.4, -0.2) is 40.1 Å². The largest absolute Gasteiger partial charge is 0.457 e. The van der Waals surface area contributed by atoms with Crippen molar-refractivity contribution in [1.29, 1.82) is 0 Å². The van der Waals surface area contributed by atoms with E-state index < -0.39 is 11.2 Å². The molecule has 2 heterocycles. The summed E-state index contributed by atoms with van der Waals surface area (Å²) in [5, 5.41) is 5.34. The fourth-order valence-electron chi connectivity index (χ4n) is 3.28. The molecule has 4 rings (SSSR count). The number of thioether (sulfide) groups is 1. The molecule has 0 unspecified atom stereocenters. The molecule has 2 aromatic carbocycles. The van der Waals surface area contributed by atoms with E-state index in [0.717, 1.165) is 11.3 Å². The van der Waals surface area contributed by atoms with Crippen LogP contribution in [0, 0.1) is 5.82 Å². The van der Waals surface area contributed by atoms with Crippen molar-refractivity contribution in [1.82, 2.24) is 20.6 Å². The van der Waals surface area contributed by atoms with Crippen LogP contribution in [0.15, 0.2) is 60.9 Å². The monoisotopic (exact) mass is 467 g/mol. The van der Waals surface area contributed by atoms with Crippen molar-refractivity contribution in [2.45, 2.75) is 17.7 Å². The van der Waals surface area contributed by atoms with Gasteiger partial charge in [0.1, 0.15) is 22.6 Å². The van der Waals surface area contributed by atoms with E-state index in [1.54, 1.807) is 24.3 Å². The van der Waals surface area contributed by atoms with E-state index in [1.807, 2.05) is 12.1 Å². The summed E-state index contributed by atoms with van der Waals surface area (Å²) in [7, 11) is 0. The van der Waals surface area contributed by atoms with Gasteiger partial charge in [-0.1, -0.05) is 12.1 Å². The van der Waals surface area contributed by atoms with Crippen LogP contribution >= 0.6 is 11.8 Å². The van der Waals surface area contributed by atoms with Crippen molar-refractivity contribution < 1.29 is 18.7 Å². The molecule has 170 valence electrons. The Kier molecular flexibility index (Phi) is 7.04. The molecular weight excluding hydrogens is 445 g/mol. The lowest BCUT2D eigenvalue weighted by molar-refractivity contribution is -0.121. The Labute approximate surface area is 194 Å². The minimum atomic E-state index is -0.427. The van der Waals surface area contributed by atoms with E-state index in [-0.39, 0.29) is 30.1 Å². The zero-order valence-electron chi connectivity index (χ0n) is 17.5. The minimum absolute atomic E-state index is 0.0226. The van der Waals surface area contributed by atoms with Crippen LogP contribution < -0.4 is 21.1 Å². The van der Waals surface area contributed by atoms with E-state index in [9.17, 15) is 14.0 Å². The number of nitrogens with zero attached hydrogens (tertiary/aromatic N) is 2. The number of halogens is 1. The molecule has 3 aromatic rings. The molecule has 1 fully saturated rings. The number of rotatable bonds is 6. The van der Waals surface area contributed by atoms with Crippen molar-refractivity contribution in [3.63, 3.8) is 0 Å². The molecular formula is C23H22FN5O3S. The number of carbonyl (C=O) groups is 2. The third-order valence-electron chi connectivity index (χ3n) is 4.93. The molecule has 0 radical (unpaired) electrons. The number of benzene rings is 2. The highest BCUT2D eigenvalue weighted by Crippen LogP contribution is 2.34. The maximum Gasteiger partial charge on any atom is 0.289 e. The molecule has 1 aliphatic rings. The first-order chi connectivity index (χ1) is 16.0. The number of nitrogens with one attached hydrogen (secondary N) is 2.